The van der Waals surface area contributed by atoms with Gasteiger partial charge in [0, 0.05) is 0 Å². The van der Waals surface area contributed by atoms with Crippen LogP contribution in [-0.2, 0) is 9.57 Å². The van der Waals surface area contributed by atoms with Gasteiger partial charge in [-0.1, -0.05) is 0 Å². The van der Waals surface area contributed by atoms with E-state index in [1.807, 2.05) is 0 Å². The molecular weight excluding hydrogens is 182 g/mol. The Morgan fingerprint density at radius 1 is 1.36 bits per heavy atom. The maximum Gasteiger partial charge on any atom is 0.338 e. The van der Waals surface area contributed by atoms with Crippen molar-refractivity contribution >= 4 is 11.7 Å². The van der Waals surface area contributed by atoms with Gasteiger partial charge in [0.05, 0.1) is 25.0 Å². The number of carbonyl (C=O) groups excluding carboxylic acids is 1. The van der Waals surface area contributed by atoms with Gasteiger partial charge in [0.25, 0.3) is 0 Å². The Labute approximate surface area is 82.8 Å². The number of benzene rings is 1. The van der Waals surface area contributed by atoms with Crippen LogP contribution in [0.4, 0.5) is 5.69 Å². The van der Waals surface area contributed by atoms with Crippen LogP contribution in [0.5, 0.6) is 0 Å². The number of hydrogen-bond acceptors (Lipinski definition) is 4. The molecule has 0 spiro atoms. The first kappa shape index (κ1) is 10.5. The van der Waals surface area contributed by atoms with Gasteiger partial charge < -0.3 is 4.74 Å². The maximum absolute atomic E-state index is 11.2. The Morgan fingerprint density at radius 2 is 2.00 bits per heavy atom. The minimum atomic E-state index is -0.309. The van der Waals surface area contributed by atoms with Crippen molar-refractivity contribution in [2.45, 2.75) is 6.92 Å². The summed E-state index contributed by atoms with van der Waals surface area (Å²) in [5.41, 5.74) is 3.98. The second-order valence-corrected chi connectivity index (χ2v) is 2.60. The molecule has 0 fully saturated rings. The van der Waals surface area contributed by atoms with E-state index in [9.17, 15) is 4.79 Å². The molecule has 0 bridgehead atoms. The topological polar surface area (TPSA) is 47.6 Å². The third-order valence-electron chi connectivity index (χ3n) is 1.62. The van der Waals surface area contributed by atoms with Crippen molar-refractivity contribution in [2.75, 3.05) is 19.2 Å². The van der Waals surface area contributed by atoms with Crippen LogP contribution in [-0.4, -0.2) is 19.7 Å². The van der Waals surface area contributed by atoms with Gasteiger partial charge in [-0.2, -0.15) is 0 Å². The molecular formula is C10H13NO3. The van der Waals surface area contributed by atoms with Crippen molar-refractivity contribution in [3.05, 3.63) is 29.8 Å². The predicted octanol–water partition coefficient (Wildman–Crippen LogP) is 1.84. The zero-order valence-corrected chi connectivity index (χ0v) is 8.24. The van der Waals surface area contributed by atoms with E-state index in [2.05, 4.69) is 5.48 Å². The molecule has 0 aliphatic rings. The van der Waals surface area contributed by atoms with Gasteiger partial charge in [0.1, 0.15) is 0 Å². The van der Waals surface area contributed by atoms with Crippen LogP contribution in [0.1, 0.15) is 17.3 Å². The van der Waals surface area contributed by atoms with E-state index in [1.165, 1.54) is 7.11 Å². The second kappa shape index (κ2) is 5.24. The van der Waals surface area contributed by atoms with E-state index in [-0.39, 0.29) is 5.97 Å². The summed E-state index contributed by atoms with van der Waals surface area (Å²) in [4.78, 5) is 15.9. The van der Waals surface area contributed by atoms with E-state index < -0.39 is 0 Å². The first-order valence-electron chi connectivity index (χ1n) is 4.34. The summed E-state index contributed by atoms with van der Waals surface area (Å²) in [6.45, 7) is 2.16. The standard InChI is InChI=1S/C10H13NO3/c1-3-14-10(12)8-4-6-9(7-5-8)11-13-2/h4-7,11H,3H2,1-2H3. The maximum atomic E-state index is 11.2. The smallest absolute Gasteiger partial charge is 0.338 e. The quantitative estimate of drug-likeness (QED) is 0.588. The Hall–Kier alpha value is -1.55. The molecule has 4 nitrogen and oxygen atoms in total. The average molecular weight is 195 g/mol. The number of anilines is 1. The van der Waals surface area contributed by atoms with Crippen LogP contribution in [0.2, 0.25) is 0 Å². The molecule has 0 atom stereocenters. The molecule has 0 aromatic heterocycles. The van der Waals surface area contributed by atoms with Crippen molar-refractivity contribution in [1.29, 1.82) is 0 Å². The van der Waals surface area contributed by atoms with Crippen LogP contribution >= 0.6 is 0 Å². The molecule has 1 aromatic rings. The third-order valence-corrected chi connectivity index (χ3v) is 1.62. The minimum Gasteiger partial charge on any atom is -0.462 e. The van der Waals surface area contributed by atoms with Gasteiger partial charge in [0.15, 0.2) is 0 Å². The normalized spacial score (nSPS) is 9.57. The lowest BCUT2D eigenvalue weighted by Crippen LogP contribution is -2.04. The fourth-order valence-corrected chi connectivity index (χ4v) is 1.01. The molecule has 1 N–H and O–H groups in total. The molecule has 76 valence electrons. The highest BCUT2D eigenvalue weighted by Gasteiger charge is 2.04. The Kier molecular flexibility index (Phi) is 3.94. The number of rotatable bonds is 4. The summed E-state index contributed by atoms with van der Waals surface area (Å²) in [5, 5.41) is 0. The second-order valence-electron chi connectivity index (χ2n) is 2.60. The number of esters is 1. The summed E-state index contributed by atoms with van der Waals surface area (Å²) in [5.74, 6) is -0.309. The van der Waals surface area contributed by atoms with Crippen LogP contribution in [0.25, 0.3) is 0 Å². The van der Waals surface area contributed by atoms with Crippen LogP contribution < -0.4 is 5.48 Å². The van der Waals surface area contributed by atoms with Crippen molar-refractivity contribution < 1.29 is 14.4 Å². The first-order valence-corrected chi connectivity index (χ1v) is 4.34. The lowest BCUT2D eigenvalue weighted by molar-refractivity contribution is 0.0526. The lowest BCUT2D eigenvalue weighted by Gasteiger charge is -2.04. The van der Waals surface area contributed by atoms with E-state index in [1.54, 1.807) is 31.2 Å². The minimum absolute atomic E-state index is 0.309. The molecule has 0 amide bonds. The van der Waals surface area contributed by atoms with Crippen molar-refractivity contribution in [3.8, 4) is 0 Å². The Balaban J connectivity index is 2.67. The zero-order chi connectivity index (χ0) is 10.4. The van der Waals surface area contributed by atoms with Gasteiger partial charge in [-0.25, -0.2) is 4.79 Å². The fourth-order valence-electron chi connectivity index (χ4n) is 1.01. The predicted molar refractivity (Wildman–Crippen MR) is 53.0 cm³/mol. The lowest BCUT2D eigenvalue weighted by atomic mass is 10.2. The third kappa shape index (κ3) is 2.74. The van der Waals surface area contributed by atoms with E-state index >= 15 is 0 Å². The highest BCUT2D eigenvalue weighted by Crippen LogP contribution is 2.10. The molecule has 0 aliphatic heterocycles. The van der Waals surface area contributed by atoms with Crippen molar-refractivity contribution in [3.63, 3.8) is 0 Å². The molecule has 0 aliphatic carbocycles. The molecule has 0 saturated heterocycles. The first-order chi connectivity index (χ1) is 6.77. The van der Waals surface area contributed by atoms with Crippen LogP contribution in [0, 0.1) is 0 Å². The highest BCUT2D eigenvalue weighted by molar-refractivity contribution is 5.89. The fraction of sp³-hybridized carbons (Fsp3) is 0.300. The molecule has 0 saturated carbocycles. The Bertz CT molecular complexity index is 295. The van der Waals surface area contributed by atoms with Crippen LogP contribution in [0.15, 0.2) is 24.3 Å². The SMILES string of the molecule is CCOC(=O)c1ccc(NOC)cc1. The largest absolute Gasteiger partial charge is 0.462 e. The average Bonchev–Trinajstić information content (AvgIpc) is 2.20. The summed E-state index contributed by atoms with van der Waals surface area (Å²) in [7, 11) is 1.53. The summed E-state index contributed by atoms with van der Waals surface area (Å²) < 4.78 is 4.84. The monoisotopic (exact) mass is 195 g/mol. The van der Waals surface area contributed by atoms with Crippen molar-refractivity contribution in [2.24, 2.45) is 0 Å². The molecule has 0 radical (unpaired) electrons. The van der Waals surface area contributed by atoms with Gasteiger partial charge in [0.2, 0.25) is 0 Å². The molecule has 1 aromatic carbocycles. The molecule has 1 rings (SSSR count). The number of carbonyl (C=O) groups is 1. The molecule has 0 unspecified atom stereocenters. The van der Waals surface area contributed by atoms with Gasteiger partial charge in [-0.3, -0.25) is 10.3 Å². The van der Waals surface area contributed by atoms with Gasteiger partial charge in [-0.05, 0) is 31.2 Å². The van der Waals surface area contributed by atoms with Crippen LogP contribution in [0.3, 0.4) is 0 Å². The molecule has 14 heavy (non-hydrogen) atoms. The van der Waals surface area contributed by atoms with E-state index in [0.29, 0.717) is 12.2 Å². The zero-order valence-electron chi connectivity index (χ0n) is 8.24. The summed E-state index contributed by atoms with van der Waals surface area (Å²) in [6, 6.07) is 6.85. The van der Waals surface area contributed by atoms with Gasteiger partial charge in [-0.15, -0.1) is 0 Å². The van der Waals surface area contributed by atoms with Crippen molar-refractivity contribution in [1.82, 2.24) is 0 Å². The summed E-state index contributed by atoms with van der Waals surface area (Å²) >= 11 is 0. The Morgan fingerprint density at radius 3 is 2.50 bits per heavy atom. The molecule has 4 heteroatoms. The number of ether oxygens (including phenoxy) is 1. The van der Waals surface area contributed by atoms with E-state index in [0.717, 1.165) is 5.69 Å². The van der Waals surface area contributed by atoms with Gasteiger partial charge >= 0.3 is 5.97 Å². The highest BCUT2D eigenvalue weighted by atomic mass is 16.6. The van der Waals surface area contributed by atoms with E-state index in [4.69, 9.17) is 9.57 Å². The number of hydrogen-bond donors (Lipinski definition) is 1. The summed E-state index contributed by atoms with van der Waals surface area (Å²) in [6.07, 6.45) is 0. The molecule has 0 heterocycles. The number of nitrogens with one attached hydrogen (secondary N) is 1.